The third-order valence-electron chi connectivity index (χ3n) is 1.51. The number of rotatable bonds is 3. The number of hydrogen-bond donors (Lipinski definition) is 2. The van der Waals surface area contributed by atoms with Crippen LogP contribution in [0.3, 0.4) is 0 Å². The van der Waals surface area contributed by atoms with Crippen molar-refractivity contribution in [3.63, 3.8) is 0 Å². The minimum atomic E-state index is -0.268. The minimum Gasteiger partial charge on any atom is -0.478 e. The molecule has 14 heavy (non-hydrogen) atoms. The van der Waals surface area contributed by atoms with Crippen LogP contribution in [0, 0.1) is 0 Å². The van der Waals surface area contributed by atoms with E-state index in [1.54, 1.807) is 25.4 Å². The van der Waals surface area contributed by atoms with Crippen molar-refractivity contribution in [1.29, 1.82) is 0 Å². The fourth-order valence-electron chi connectivity index (χ4n) is 0.881. The molecule has 0 bridgehead atoms. The molecule has 0 fully saturated rings. The third kappa shape index (κ3) is 2.93. The first-order valence-corrected chi connectivity index (χ1v) is 4.34. The van der Waals surface area contributed by atoms with Gasteiger partial charge in [0.2, 0.25) is 5.88 Å². The summed E-state index contributed by atoms with van der Waals surface area (Å²) in [6.45, 7) is 2.47. The average molecular weight is 195 g/mol. The SMILES string of the molecule is CCOc1ccc(NC(=O)NC)cn1. The van der Waals surface area contributed by atoms with Gasteiger partial charge in [-0.05, 0) is 13.0 Å². The van der Waals surface area contributed by atoms with Crippen molar-refractivity contribution in [1.82, 2.24) is 10.3 Å². The van der Waals surface area contributed by atoms with Gasteiger partial charge in [-0.2, -0.15) is 0 Å². The lowest BCUT2D eigenvalue weighted by Gasteiger charge is -2.05. The van der Waals surface area contributed by atoms with Crippen molar-refractivity contribution in [3.8, 4) is 5.88 Å². The summed E-state index contributed by atoms with van der Waals surface area (Å²) in [6.07, 6.45) is 1.54. The maximum Gasteiger partial charge on any atom is 0.319 e. The molecule has 0 spiro atoms. The second kappa shape index (κ2) is 5.06. The minimum absolute atomic E-state index is 0.268. The monoisotopic (exact) mass is 195 g/mol. The van der Waals surface area contributed by atoms with E-state index in [4.69, 9.17) is 4.74 Å². The molecule has 5 nitrogen and oxygen atoms in total. The number of ether oxygens (including phenoxy) is 1. The second-order valence-electron chi connectivity index (χ2n) is 2.52. The zero-order valence-electron chi connectivity index (χ0n) is 8.20. The highest BCUT2D eigenvalue weighted by atomic mass is 16.5. The lowest BCUT2D eigenvalue weighted by molar-refractivity contribution is 0.254. The van der Waals surface area contributed by atoms with E-state index in [2.05, 4.69) is 15.6 Å². The predicted molar refractivity (Wildman–Crippen MR) is 53.5 cm³/mol. The van der Waals surface area contributed by atoms with Gasteiger partial charge in [0.15, 0.2) is 0 Å². The van der Waals surface area contributed by atoms with E-state index >= 15 is 0 Å². The van der Waals surface area contributed by atoms with Gasteiger partial charge in [-0.1, -0.05) is 0 Å². The third-order valence-corrected chi connectivity index (χ3v) is 1.51. The lowest BCUT2D eigenvalue weighted by atomic mass is 10.4. The van der Waals surface area contributed by atoms with Gasteiger partial charge in [-0.3, -0.25) is 0 Å². The molecule has 2 amide bonds. The molecule has 0 saturated heterocycles. The molecular weight excluding hydrogens is 182 g/mol. The topological polar surface area (TPSA) is 63.2 Å². The molecule has 76 valence electrons. The number of amides is 2. The lowest BCUT2D eigenvalue weighted by Crippen LogP contribution is -2.24. The van der Waals surface area contributed by atoms with Crippen molar-refractivity contribution in [2.24, 2.45) is 0 Å². The quantitative estimate of drug-likeness (QED) is 0.762. The van der Waals surface area contributed by atoms with Gasteiger partial charge in [-0.15, -0.1) is 0 Å². The number of urea groups is 1. The van der Waals surface area contributed by atoms with Gasteiger partial charge in [0.25, 0.3) is 0 Å². The summed E-state index contributed by atoms with van der Waals surface area (Å²) in [4.78, 5) is 14.9. The van der Waals surface area contributed by atoms with E-state index in [0.29, 0.717) is 18.2 Å². The number of hydrogen-bond acceptors (Lipinski definition) is 3. The molecule has 0 aliphatic carbocycles. The maximum absolute atomic E-state index is 10.9. The Bertz CT molecular complexity index is 297. The van der Waals surface area contributed by atoms with Crippen LogP contribution in [0.5, 0.6) is 5.88 Å². The van der Waals surface area contributed by atoms with Crippen molar-refractivity contribution in [2.45, 2.75) is 6.92 Å². The molecule has 0 saturated carbocycles. The molecule has 0 aliphatic rings. The molecule has 5 heteroatoms. The summed E-state index contributed by atoms with van der Waals surface area (Å²) in [5.41, 5.74) is 0.632. The first-order valence-electron chi connectivity index (χ1n) is 4.34. The second-order valence-corrected chi connectivity index (χ2v) is 2.52. The first-order chi connectivity index (χ1) is 6.76. The summed E-state index contributed by atoms with van der Waals surface area (Å²) >= 11 is 0. The average Bonchev–Trinajstić information content (AvgIpc) is 2.21. The van der Waals surface area contributed by atoms with E-state index in [1.807, 2.05) is 6.92 Å². The number of carbonyl (C=O) groups excluding carboxylic acids is 1. The molecule has 0 aliphatic heterocycles. The smallest absolute Gasteiger partial charge is 0.319 e. The molecule has 0 atom stereocenters. The van der Waals surface area contributed by atoms with Crippen LogP contribution < -0.4 is 15.4 Å². The Labute approximate surface area is 82.5 Å². The summed E-state index contributed by atoms with van der Waals surface area (Å²) in [7, 11) is 1.55. The summed E-state index contributed by atoms with van der Waals surface area (Å²) in [6, 6.07) is 3.16. The van der Waals surface area contributed by atoms with E-state index in [9.17, 15) is 4.79 Å². The zero-order valence-corrected chi connectivity index (χ0v) is 8.20. The van der Waals surface area contributed by atoms with E-state index in [0.717, 1.165) is 0 Å². The number of aromatic nitrogens is 1. The molecular formula is C9H13N3O2. The molecule has 1 aromatic rings. The summed E-state index contributed by atoms with van der Waals surface area (Å²) < 4.78 is 5.15. The molecule has 2 N–H and O–H groups in total. The fraction of sp³-hybridized carbons (Fsp3) is 0.333. The number of anilines is 1. The number of pyridine rings is 1. The van der Waals surface area contributed by atoms with Crippen LogP contribution in [-0.2, 0) is 0 Å². The van der Waals surface area contributed by atoms with Gasteiger partial charge in [0.05, 0.1) is 18.5 Å². The van der Waals surface area contributed by atoms with Crippen LogP contribution in [-0.4, -0.2) is 24.7 Å². The summed E-state index contributed by atoms with van der Waals surface area (Å²) in [5, 5.41) is 5.04. The van der Waals surface area contributed by atoms with Gasteiger partial charge in [-0.25, -0.2) is 9.78 Å². The van der Waals surface area contributed by atoms with Crippen LogP contribution in [0.15, 0.2) is 18.3 Å². The van der Waals surface area contributed by atoms with Crippen LogP contribution >= 0.6 is 0 Å². The molecule has 0 unspecified atom stereocenters. The van der Waals surface area contributed by atoms with Crippen LogP contribution in [0.25, 0.3) is 0 Å². The zero-order chi connectivity index (χ0) is 10.4. The van der Waals surface area contributed by atoms with Gasteiger partial charge >= 0.3 is 6.03 Å². The van der Waals surface area contributed by atoms with Crippen LogP contribution in [0.1, 0.15) is 6.92 Å². The van der Waals surface area contributed by atoms with Crippen LogP contribution in [0.4, 0.5) is 10.5 Å². The first kappa shape index (κ1) is 10.3. The number of nitrogens with zero attached hydrogens (tertiary/aromatic N) is 1. The Balaban J connectivity index is 2.59. The Morgan fingerprint density at radius 2 is 2.36 bits per heavy atom. The van der Waals surface area contributed by atoms with Crippen molar-refractivity contribution in [3.05, 3.63) is 18.3 Å². The molecule has 0 radical (unpaired) electrons. The van der Waals surface area contributed by atoms with Gasteiger partial charge in [0.1, 0.15) is 0 Å². The summed E-state index contributed by atoms with van der Waals surface area (Å²) in [5.74, 6) is 0.551. The number of carbonyl (C=O) groups is 1. The normalized spacial score (nSPS) is 9.29. The molecule has 1 rings (SSSR count). The van der Waals surface area contributed by atoms with Crippen LogP contribution in [0.2, 0.25) is 0 Å². The standard InChI is InChI=1S/C9H13N3O2/c1-3-14-8-5-4-7(6-11-8)12-9(13)10-2/h4-6H,3H2,1-2H3,(H2,10,12,13). The largest absolute Gasteiger partial charge is 0.478 e. The van der Waals surface area contributed by atoms with Gasteiger partial charge < -0.3 is 15.4 Å². The highest BCUT2D eigenvalue weighted by molar-refractivity contribution is 5.88. The Morgan fingerprint density at radius 1 is 1.57 bits per heavy atom. The Hall–Kier alpha value is -1.78. The van der Waals surface area contributed by atoms with E-state index in [-0.39, 0.29) is 6.03 Å². The highest BCUT2D eigenvalue weighted by Gasteiger charge is 1.99. The Kier molecular flexibility index (Phi) is 3.72. The molecule has 0 aromatic carbocycles. The van der Waals surface area contributed by atoms with E-state index < -0.39 is 0 Å². The molecule has 1 heterocycles. The maximum atomic E-state index is 10.9. The van der Waals surface area contributed by atoms with Crippen molar-refractivity contribution in [2.75, 3.05) is 19.0 Å². The predicted octanol–water partition coefficient (Wildman–Crippen LogP) is 1.23. The Morgan fingerprint density at radius 3 is 2.86 bits per heavy atom. The number of nitrogens with one attached hydrogen (secondary N) is 2. The van der Waals surface area contributed by atoms with Gasteiger partial charge in [0, 0.05) is 13.1 Å². The van der Waals surface area contributed by atoms with Crippen molar-refractivity contribution < 1.29 is 9.53 Å². The van der Waals surface area contributed by atoms with E-state index in [1.165, 1.54) is 0 Å². The van der Waals surface area contributed by atoms with Crippen molar-refractivity contribution >= 4 is 11.7 Å². The molecule has 1 aromatic heterocycles. The highest BCUT2D eigenvalue weighted by Crippen LogP contribution is 2.10. The fourth-order valence-corrected chi connectivity index (χ4v) is 0.881.